The van der Waals surface area contributed by atoms with E-state index in [1.165, 1.54) is 0 Å². The minimum absolute atomic E-state index is 0.0618. The van der Waals surface area contributed by atoms with Crippen molar-refractivity contribution >= 4 is 11.5 Å². The first-order valence-corrected chi connectivity index (χ1v) is 6.53. The topological polar surface area (TPSA) is 66.8 Å². The number of hydrogen-bond donors (Lipinski definition) is 2. The van der Waals surface area contributed by atoms with Crippen molar-refractivity contribution in [3.8, 4) is 0 Å². The first-order chi connectivity index (χ1) is 9.61. The molecule has 1 aromatic rings. The number of carbonyl (C=O) groups is 1. The summed E-state index contributed by atoms with van der Waals surface area (Å²) in [5.74, 6) is -0.467. The molecule has 20 heavy (non-hydrogen) atoms. The van der Waals surface area contributed by atoms with Crippen LogP contribution in [0.3, 0.4) is 0 Å². The quantitative estimate of drug-likeness (QED) is 0.653. The minimum atomic E-state index is -0.846. The zero-order chi connectivity index (χ0) is 14.5. The van der Waals surface area contributed by atoms with E-state index in [1.54, 1.807) is 37.5 Å². The highest BCUT2D eigenvalue weighted by Gasteiger charge is 2.25. The molecule has 1 aliphatic carbocycles. The summed E-state index contributed by atoms with van der Waals surface area (Å²) in [6.07, 6.45) is 2.91. The Morgan fingerprint density at radius 1 is 1.35 bits per heavy atom. The highest BCUT2D eigenvalue weighted by molar-refractivity contribution is 6.08. The number of ketones is 1. The fourth-order valence-electron chi connectivity index (χ4n) is 2.22. The lowest BCUT2D eigenvalue weighted by Gasteiger charge is -2.24. The van der Waals surface area contributed by atoms with Crippen molar-refractivity contribution in [3.63, 3.8) is 0 Å². The third kappa shape index (κ3) is 3.35. The van der Waals surface area contributed by atoms with Gasteiger partial charge in [0.1, 0.15) is 5.76 Å². The molecular weight excluding hydrogens is 256 g/mol. The van der Waals surface area contributed by atoms with Gasteiger partial charge in [-0.3, -0.25) is 4.79 Å². The van der Waals surface area contributed by atoms with Crippen LogP contribution in [0.5, 0.6) is 0 Å². The molecule has 4 nitrogen and oxygen atoms in total. The Bertz CT molecular complexity index is 531. The number of methoxy groups -OCH3 is 1. The van der Waals surface area contributed by atoms with Crippen LogP contribution in [0.1, 0.15) is 18.4 Å². The van der Waals surface area contributed by atoms with Gasteiger partial charge in [0.15, 0.2) is 5.78 Å². The Morgan fingerprint density at radius 2 is 2.05 bits per heavy atom. The van der Waals surface area contributed by atoms with Crippen molar-refractivity contribution < 1.29 is 19.7 Å². The normalized spacial score (nSPS) is 23.3. The third-order valence-corrected chi connectivity index (χ3v) is 3.40. The van der Waals surface area contributed by atoms with E-state index in [0.717, 1.165) is 6.08 Å². The van der Waals surface area contributed by atoms with Crippen molar-refractivity contribution in [3.05, 3.63) is 53.6 Å². The predicted octanol–water partition coefficient (Wildman–Crippen LogP) is 2.25. The number of aliphatic hydroxyl groups excluding tert-OH is 2. The molecule has 2 atom stereocenters. The lowest BCUT2D eigenvalue weighted by atomic mass is 9.91. The summed E-state index contributed by atoms with van der Waals surface area (Å²) in [5.41, 5.74) is 0.891. The molecule has 0 aromatic heterocycles. The molecule has 0 radical (unpaired) electrons. The first kappa shape index (κ1) is 14.5. The second-order valence-corrected chi connectivity index (χ2v) is 4.76. The van der Waals surface area contributed by atoms with E-state index in [2.05, 4.69) is 0 Å². The monoisotopic (exact) mass is 274 g/mol. The van der Waals surface area contributed by atoms with Gasteiger partial charge in [0.25, 0.3) is 0 Å². The van der Waals surface area contributed by atoms with Gasteiger partial charge in [-0.25, -0.2) is 0 Å². The molecule has 1 aliphatic rings. The van der Waals surface area contributed by atoms with Gasteiger partial charge in [0, 0.05) is 30.7 Å². The molecule has 0 heterocycles. The van der Waals surface area contributed by atoms with Gasteiger partial charge in [0.05, 0.1) is 12.2 Å². The van der Waals surface area contributed by atoms with Gasteiger partial charge >= 0.3 is 0 Å². The molecule has 0 saturated heterocycles. The molecule has 2 rings (SSSR count). The van der Waals surface area contributed by atoms with Gasteiger partial charge in [0.2, 0.25) is 0 Å². The predicted molar refractivity (Wildman–Crippen MR) is 76.2 cm³/mol. The number of benzene rings is 1. The van der Waals surface area contributed by atoms with Crippen molar-refractivity contribution in [2.24, 2.45) is 0 Å². The second kappa shape index (κ2) is 6.50. The fourth-order valence-corrected chi connectivity index (χ4v) is 2.22. The van der Waals surface area contributed by atoms with Crippen molar-refractivity contribution in [1.82, 2.24) is 0 Å². The van der Waals surface area contributed by atoms with Gasteiger partial charge in [-0.05, 0) is 6.42 Å². The summed E-state index contributed by atoms with van der Waals surface area (Å²) in [6.45, 7) is 0. The Morgan fingerprint density at radius 3 is 2.65 bits per heavy atom. The van der Waals surface area contributed by atoms with Crippen molar-refractivity contribution in [2.45, 2.75) is 25.0 Å². The number of aliphatic hydroxyl groups is 2. The van der Waals surface area contributed by atoms with Crippen LogP contribution >= 0.6 is 0 Å². The van der Waals surface area contributed by atoms with Crippen LogP contribution in [0.25, 0.3) is 5.76 Å². The Hall–Kier alpha value is -1.91. The summed E-state index contributed by atoms with van der Waals surface area (Å²) < 4.78 is 5.16. The number of carbonyl (C=O) groups excluding carboxylic acids is 1. The molecular formula is C16H18O4. The standard InChI is InChI=1S/C16H18O4/c1-20-12-7-8-13(15(18)9-12)16(19)10-14(17)11-5-3-2-4-6-11/h2-6,8,10,12,15,17-18H,7,9H2,1H3/b14-10-. The zero-order valence-corrected chi connectivity index (χ0v) is 11.3. The van der Waals surface area contributed by atoms with E-state index in [-0.39, 0.29) is 17.6 Å². The van der Waals surface area contributed by atoms with E-state index in [9.17, 15) is 15.0 Å². The number of rotatable bonds is 4. The summed E-state index contributed by atoms with van der Waals surface area (Å²) >= 11 is 0. The SMILES string of the molecule is COC1CC=C(C(=O)/C=C(\O)c2ccccc2)C(O)C1. The lowest BCUT2D eigenvalue weighted by molar-refractivity contribution is -0.112. The first-order valence-electron chi connectivity index (χ1n) is 6.53. The molecule has 0 spiro atoms. The van der Waals surface area contributed by atoms with Gasteiger partial charge in [-0.15, -0.1) is 0 Å². The van der Waals surface area contributed by atoms with Crippen LogP contribution < -0.4 is 0 Å². The molecule has 0 bridgehead atoms. The molecule has 1 aromatic carbocycles. The fraction of sp³-hybridized carbons (Fsp3) is 0.312. The molecule has 2 N–H and O–H groups in total. The molecule has 0 amide bonds. The van der Waals surface area contributed by atoms with Crippen LogP contribution in [0.4, 0.5) is 0 Å². The average Bonchev–Trinajstić information content (AvgIpc) is 2.47. The molecule has 0 fully saturated rings. The largest absolute Gasteiger partial charge is 0.507 e. The minimum Gasteiger partial charge on any atom is -0.507 e. The smallest absolute Gasteiger partial charge is 0.187 e. The van der Waals surface area contributed by atoms with Crippen LogP contribution in [0.15, 0.2) is 48.1 Å². The summed E-state index contributed by atoms with van der Waals surface area (Å²) in [4.78, 5) is 12.1. The molecule has 106 valence electrons. The van der Waals surface area contributed by atoms with Gasteiger partial charge in [-0.1, -0.05) is 36.4 Å². The lowest BCUT2D eigenvalue weighted by Crippen LogP contribution is -2.28. The maximum Gasteiger partial charge on any atom is 0.187 e. The third-order valence-electron chi connectivity index (χ3n) is 3.40. The molecule has 4 heteroatoms. The van der Waals surface area contributed by atoms with Crippen molar-refractivity contribution in [2.75, 3.05) is 7.11 Å². The van der Waals surface area contributed by atoms with Crippen LogP contribution in [0.2, 0.25) is 0 Å². The highest BCUT2D eigenvalue weighted by Crippen LogP contribution is 2.23. The Labute approximate surface area is 118 Å². The van der Waals surface area contributed by atoms with Gasteiger partial charge < -0.3 is 14.9 Å². The Balaban J connectivity index is 2.14. The molecule has 2 unspecified atom stereocenters. The van der Waals surface area contributed by atoms with E-state index >= 15 is 0 Å². The number of allylic oxidation sites excluding steroid dienone is 1. The van der Waals surface area contributed by atoms with E-state index in [0.29, 0.717) is 24.0 Å². The van der Waals surface area contributed by atoms with Gasteiger partial charge in [-0.2, -0.15) is 0 Å². The highest BCUT2D eigenvalue weighted by atomic mass is 16.5. The van der Waals surface area contributed by atoms with E-state index < -0.39 is 6.10 Å². The molecule has 0 saturated carbocycles. The Kier molecular flexibility index (Phi) is 4.71. The summed E-state index contributed by atoms with van der Waals surface area (Å²) in [6, 6.07) is 8.82. The summed E-state index contributed by atoms with van der Waals surface area (Å²) in [7, 11) is 1.58. The van der Waals surface area contributed by atoms with Crippen molar-refractivity contribution in [1.29, 1.82) is 0 Å². The van der Waals surface area contributed by atoms with E-state index in [4.69, 9.17) is 4.74 Å². The molecule has 0 aliphatic heterocycles. The van der Waals surface area contributed by atoms with Crippen LogP contribution in [-0.4, -0.2) is 35.3 Å². The second-order valence-electron chi connectivity index (χ2n) is 4.76. The van der Waals surface area contributed by atoms with E-state index in [1.807, 2.05) is 6.07 Å². The maximum absolute atomic E-state index is 12.1. The van der Waals surface area contributed by atoms with Crippen LogP contribution in [-0.2, 0) is 9.53 Å². The number of ether oxygens (including phenoxy) is 1. The number of hydrogen-bond acceptors (Lipinski definition) is 4. The average molecular weight is 274 g/mol. The zero-order valence-electron chi connectivity index (χ0n) is 11.3. The maximum atomic E-state index is 12.1. The van der Waals surface area contributed by atoms with Crippen LogP contribution in [0, 0.1) is 0 Å². The summed E-state index contributed by atoms with van der Waals surface area (Å²) in [5, 5.41) is 19.9.